The van der Waals surface area contributed by atoms with E-state index < -0.39 is 43.4 Å². The second-order valence-corrected chi connectivity index (χ2v) is 5.92. The molecule has 3 heterocycles. The smallest absolute Gasteiger partial charge is 0.184 e. The van der Waals surface area contributed by atoms with E-state index in [-0.39, 0.29) is 13.2 Å². The highest BCUT2D eigenvalue weighted by Crippen LogP contribution is 2.35. The van der Waals surface area contributed by atoms with Gasteiger partial charge < -0.3 is 39.4 Å². The second kappa shape index (κ2) is 6.67. The average molecular weight is 334 g/mol. The maximum Gasteiger partial charge on any atom is 0.184 e. The first-order chi connectivity index (χ1) is 10.6. The second-order valence-electron chi connectivity index (χ2n) is 5.18. The number of hydrogen-bond acceptors (Lipinski definition) is 9. The first kappa shape index (κ1) is 15.9. The van der Waals surface area contributed by atoms with Crippen LogP contribution in [0.5, 0.6) is 11.5 Å². The molecule has 3 rings (SSSR count). The van der Waals surface area contributed by atoms with Crippen LogP contribution >= 0.6 is 11.3 Å². The predicted octanol–water partition coefficient (Wildman–Crippen LogP) is -1.30. The van der Waals surface area contributed by atoms with Gasteiger partial charge in [0.15, 0.2) is 23.9 Å². The molecule has 124 valence electrons. The van der Waals surface area contributed by atoms with Gasteiger partial charge in [-0.1, -0.05) is 0 Å². The van der Waals surface area contributed by atoms with Crippen LogP contribution in [0.25, 0.3) is 0 Å². The van der Waals surface area contributed by atoms with E-state index in [0.29, 0.717) is 11.5 Å². The van der Waals surface area contributed by atoms with Crippen molar-refractivity contribution >= 4 is 11.3 Å². The summed E-state index contributed by atoms with van der Waals surface area (Å²) in [6.45, 7) is -0.179. The SMILES string of the molecule is OC[C@H]1O[C@H](O)[C@H](OCC2COc3cscc3O2)[C@@H](O)[C@@H]1O. The van der Waals surface area contributed by atoms with Gasteiger partial charge in [-0.2, -0.15) is 0 Å². The van der Waals surface area contributed by atoms with Crippen LogP contribution in [0.3, 0.4) is 0 Å². The van der Waals surface area contributed by atoms with E-state index in [9.17, 15) is 15.3 Å². The molecule has 0 saturated carbocycles. The Balaban J connectivity index is 1.55. The van der Waals surface area contributed by atoms with Gasteiger partial charge in [0.2, 0.25) is 0 Å². The van der Waals surface area contributed by atoms with E-state index in [4.69, 9.17) is 24.1 Å². The van der Waals surface area contributed by atoms with Gasteiger partial charge in [-0.05, 0) is 0 Å². The van der Waals surface area contributed by atoms with Crippen molar-refractivity contribution in [3.05, 3.63) is 10.8 Å². The van der Waals surface area contributed by atoms with Crippen molar-refractivity contribution in [3.63, 3.8) is 0 Å². The average Bonchev–Trinajstić information content (AvgIpc) is 2.98. The van der Waals surface area contributed by atoms with Crippen molar-refractivity contribution < 1.29 is 39.4 Å². The van der Waals surface area contributed by atoms with Crippen molar-refractivity contribution in [1.29, 1.82) is 0 Å². The Bertz CT molecular complexity index is 494. The lowest BCUT2D eigenvalue weighted by molar-refractivity contribution is -0.298. The van der Waals surface area contributed by atoms with E-state index in [2.05, 4.69) is 0 Å². The van der Waals surface area contributed by atoms with Crippen LogP contribution in [0.1, 0.15) is 0 Å². The lowest BCUT2D eigenvalue weighted by Crippen LogP contribution is -2.59. The molecular weight excluding hydrogens is 316 g/mol. The van der Waals surface area contributed by atoms with E-state index in [1.165, 1.54) is 11.3 Å². The number of thiophene rings is 1. The Hall–Kier alpha value is -0.940. The molecule has 0 aromatic carbocycles. The molecular formula is C13H18O8S. The zero-order chi connectivity index (χ0) is 15.7. The van der Waals surface area contributed by atoms with Crippen LogP contribution in [0.15, 0.2) is 10.8 Å². The van der Waals surface area contributed by atoms with Crippen molar-refractivity contribution in [1.82, 2.24) is 0 Å². The minimum Gasteiger partial charge on any atom is -0.485 e. The van der Waals surface area contributed by atoms with E-state index >= 15 is 0 Å². The van der Waals surface area contributed by atoms with E-state index in [1.54, 1.807) is 0 Å². The number of aliphatic hydroxyl groups excluding tert-OH is 4. The highest BCUT2D eigenvalue weighted by atomic mass is 32.1. The molecule has 0 bridgehead atoms. The number of hydrogen-bond donors (Lipinski definition) is 4. The molecule has 0 amide bonds. The van der Waals surface area contributed by atoms with Crippen LogP contribution in [-0.4, -0.2) is 77.1 Å². The molecule has 1 fully saturated rings. The first-order valence-corrected chi connectivity index (χ1v) is 7.82. The zero-order valence-corrected chi connectivity index (χ0v) is 12.4. The highest BCUT2D eigenvalue weighted by molar-refractivity contribution is 7.08. The highest BCUT2D eigenvalue weighted by Gasteiger charge is 2.44. The predicted molar refractivity (Wildman–Crippen MR) is 73.9 cm³/mol. The summed E-state index contributed by atoms with van der Waals surface area (Å²) in [4.78, 5) is 0. The Morgan fingerprint density at radius 1 is 1.18 bits per heavy atom. The Morgan fingerprint density at radius 2 is 1.95 bits per heavy atom. The van der Waals surface area contributed by atoms with Gasteiger partial charge >= 0.3 is 0 Å². The molecule has 0 spiro atoms. The molecule has 1 aromatic rings. The standard InChI is InChI=1S/C13H18O8S/c14-1-7-10(15)11(16)12(13(17)21-7)19-3-6-2-18-8-4-22-5-9(8)20-6/h4-7,10-17H,1-3H2/t6?,7-,10-,11+,12-,13+/m1/s1. The fourth-order valence-electron chi connectivity index (χ4n) is 2.41. The minimum atomic E-state index is -1.45. The Morgan fingerprint density at radius 3 is 2.73 bits per heavy atom. The molecule has 1 unspecified atom stereocenters. The van der Waals surface area contributed by atoms with Crippen LogP contribution < -0.4 is 9.47 Å². The molecule has 9 heteroatoms. The number of fused-ring (bicyclic) bond motifs is 1. The van der Waals surface area contributed by atoms with Gasteiger partial charge in [0, 0.05) is 10.8 Å². The molecule has 1 saturated heterocycles. The minimum absolute atomic E-state index is 0.0495. The lowest BCUT2D eigenvalue weighted by atomic mass is 9.99. The van der Waals surface area contributed by atoms with Gasteiger partial charge in [0.25, 0.3) is 0 Å². The Kier molecular flexibility index (Phi) is 4.83. The summed E-state index contributed by atoms with van der Waals surface area (Å²) >= 11 is 1.46. The lowest BCUT2D eigenvalue weighted by Gasteiger charge is -2.40. The molecule has 4 N–H and O–H groups in total. The molecule has 8 nitrogen and oxygen atoms in total. The zero-order valence-electron chi connectivity index (χ0n) is 11.6. The molecule has 0 radical (unpaired) electrons. The summed E-state index contributed by atoms with van der Waals surface area (Å²) in [5.41, 5.74) is 0. The summed E-state index contributed by atoms with van der Waals surface area (Å²) in [5.74, 6) is 1.31. The fraction of sp³-hybridized carbons (Fsp3) is 0.692. The molecule has 2 aliphatic rings. The third kappa shape index (κ3) is 3.06. The summed E-state index contributed by atoms with van der Waals surface area (Å²) < 4.78 is 21.6. The molecule has 22 heavy (non-hydrogen) atoms. The van der Waals surface area contributed by atoms with Crippen LogP contribution in [0, 0.1) is 0 Å². The van der Waals surface area contributed by atoms with Crippen molar-refractivity contribution in [2.24, 2.45) is 0 Å². The summed E-state index contributed by atoms with van der Waals surface area (Å²) in [7, 11) is 0. The van der Waals surface area contributed by atoms with Crippen LogP contribution in [-0.2, 0) is 9.47 Å². The fourth-order valence-corrected chi connectivity index (χ4v) is 3.08. The number of aliphatic hydroxyl groups is 4. The molecule has 1 aromatic heterocycles. The third-order valence-corrected chi connectivity index (χ3v) is 4.33. The van der Waals surface area contributed by atoms with Crippen molar-refractivity contribution in [2.45, 2.75) is 36.8 Å². The monoisotopic (exact) mass is 334 g/mol. The van der Waals surface area contributed by atoms with Gasteiger partial charge in [0.1, 0.15) is 31.0 Å². The topological polar surface area (TPSA) is 118 Å². The van der Waals surface area contributed by atoms with Gasteiger partial charge in [-0.3, -0.25) is 0 Å². The molecule has 0 aliphatic carbocycles. The Labute approximate surface area is 130 Å². The van der Waals surface area contributed by atoms with Crippen molar-refractivity contribution in [3.8, 4) is 11.5 Å². The normalized spacial score (nSPS) is 38.0. The van der Waals surface area contributed by atoms with Gasteiger partial charge in [-0.15, -0.1) is 11.3 Å². The summed E-state index contributed by atoms with van der Waals surface area (Å²) in [6.07, 6.45) is -6.74. The largest absolute Gasteiger partial charge is 0.485 e. The first-order valence-electron chi connectivity index (χ1n) is 6.88. The van der Waals surface area contributed by atoms with E-state index in [1.807, 2.05) is 10.8 Å². The third-order valence-electron chi connectivity index (χ3n) is 3.63. The number of rotatable bonds is 4. The summed E-state index contributed by atoms with van der Waals surface area (Å²) in [5, 5.41) is 42.2. The van der Waals surface area contributed by atoms with Crippen LogP contribution in [0.2, 0.25) is 0 Å². The van der Waals surface area contributed by atoms with Crippen LogP contribution in [0.4, 0.5) is 0 Å². The summed E-state index contributed by atoms with van der Waals surface area (Å²) in [6, 6.07) is 0. The van der Waals surface area contributed by atoms with Gasteiger partial charge in [-0.25, -0.2) is 0 Å². The quantitative estimate of drug-likeness (QED) is 0.537. The van der Waals surface area contributed by atoms with Crippen molar-refractivity contribution in [2.75, 3.05) is 19.8 Å². The molecule has 2 aliphatic heterocycles. The maximum absolute atomic E-state index is 9.97. The van der Waals surface area contributed by atoms with E-state index in [0.717, 1.165) is 0 Å². The maximum atomic E-state index is 9.97. The number of ether oxygens (including phenoxy) is 4. The molecule has 6 atom stereocenters. The van der Waals surface area contributed by atoms with Gasteiger partial charge in [0.05, 0.1) is 13.2 Å².